The molecule has 18 heavy (non-hydrogen) atoms. The molecule has 0 saturated heterocycles. The minimum atomic E-state index is -0.405. The molecule has 1 atom stereocenters. The summed E-state index contributed by atoms with van der Waals surface area (Å²) in [5, 5.41) is 5.92. The predicted octanol–water partition coefficient (Wildman–Crippen LogP) is 2.93. The number of hydrogen-bond acceptors (Lipinski definition) is 2. The fraction of sp³-hybridized carbons (Fsp3) is 0.500. The van der Waals surface area contributed by atoms with Crippen LogP contribution in [0.15, 0.2) is 24.3 Å². The maximum atomic E-state index is 13.0. The van der Waals surface area contributed by atoms with Gasteiger partial charge in [-0.25, -0.2) is 4.39 Å². The van der Waals surface area contributed by atoms with Crippen molar-refractivity contribution < 1.29 is 9.18 Å². The molecular formula is C14H21FN2O. The number of carbonyl (C=O) groups excluding carboxylic acids is 1. The number of rotatable bonds is 5. The number of nitrogens with one attached hydrogen (secondary N) is 2. The molecule has 0 aliphatic rings. The van der Waals surface area contributed by atoms with Gasteiger partial charge in [0.25, 0.3) is 0 Å². The zero-order valence-corrected chi connectivity index (χ0v) is 11.4. The van der Waals surface area contributed by atoms with Gasteiger partial charge < -0.3 is 10.6 Å². The third kappa shape index (κ3) is 4.35. The molecule has 0 aromatic heterocycles. The van der Waals surface area contributed by atoms with Crippen LogP contribution in [-0.2, 0) is 4.79 Å². The monoisotopic (exact) mass is 252 g/mol. The van der Waals surface area contributed by atoms with E-state index in [0.717, 1.165) is 6.42 Å². The Bertz CT molecular complexity index is 418. The van der Waals surface area contributed by atoms with Crippen molar-refractivity contribution >= 4 is 11.6 Å². The third-order valence-electron chi connectivity index (χ3n) is 2.95. The standard InChI is InChI=1S/C14H21FN2O/c1-5-14(3,4)17-13(18)10(2)16-12-8-6-7-11(15)9-12/h6-10,16H,5H2,1-4H3,(H,17,18). The maximum absolute atomic E-state index is 13.0. The van der Waals surface area contributed by atoms with Crippen LogP contribution in [0.4, 0.5) is 10.1 Å². The molecule has 0 radical (unpaired) electrons. The van der Waals surface area contributed by atoms with Crippen LogP contribution in [0, 0.1) is 5.82 Å². The lowest BCUT2D eigenvalue weighted by Crippen LogP contribution is -2.48. The number of hydrogen-bond donors (Lipinski definition) is 2. The van der Waals surface area contributed by atoms with Gasteiger partial charge in [0.2, 0.25) is 5.91 Å². The van der Waals surface area contributed by atoms with Crippen molar-refractivity contribution in [1.82, 2.24) is 5.32 Å². The van der Waals surface area contributed by atoms with Crippen LogP contribution in [0.3, 0.4) is 0 Å². The second-order valence-corrected chi connectivity index (χ2v) is 5.10. The molecule has 1 aromatic carbocycles. The zero-order chi connectivity index (χ0) is 13.8. The van der Waals surface area contributed by atoms with Gasteiger partial charge >= 0.3 is 0 Å². The van der Waals surface area contributed by atoms with Crippen LogP contribution < -0.4 is 10.6 Å². The van der Waals surface area contributed by atoms with E-state index in [1.165, 1.54) is 12.1 Å². The smallest absolute Gasteiger partial charge is 0.242 e. The van der Waals surface area contributed by atoms with Gasteiger partial charge in [-0.3, -0.25) is 4.79 Å². The highest BCUT2D eigenvalue weighted by Gasteiger charge is 2.21. The van der Waals surface area contributed by atoms with E-state index in [-0.39, 0.29) is 17.3 Å². The zero-order valence-electron chi connectivity index (χ0n) is 11.4. The van der Waals surface area contributed by atoms with E-state index in [9.17, 15) is 9.18 Å². The molecule has 100 valence electrons. The maximum Gasteiger partial charge on any atom is 0.242 e. The molecule has 0 fully saturated rings. The number of carbonyl (C=O) groups is 1. The summed E-state index contributed by atoms with van der Waals surface area (Å²) in [4.78, 5) is 11.9. The second-order valence-electron chi connectivity index (χ2n) is 5.10. The Morgan fingerprint density at radius 2 is 2.11 bits per heavy atom. The molecule has 0 spiro atoms. The van der Waals surface area contributed by atoms with Gasteiger partial charge in [0, 0.05) is 11.2 Å². The van der Waals surface area contributed by atoms with Crippen LogP contribution in [0.25, 0.3) is 0 Å². The van der Waals surface area contributed by atoms with E-state index < -0.39 is 6.04 Å². The van der Waals surface area contributed by atoms with E-state index in [0.29, 0.717) is 5.69 Å². The largest absolute Gasteiger partial charge is 0.374 e. The van der Waals surface area contributed by atoms with E-state index in [1.54, 1.807) is 19.1 Å². The fourth-order valence-corrected chi connectivity index (χ4v) is 1.42. The normalized spacial score (nSPS) is 12.9. The van der Waals surface area contributed by atoms with E-state index in [4.69, 9.17) is 0 Å². The van der Waals surface area contributed by atoms with Gasteiger partial charge in [-0.2, -0.15) is 0 Å². The van der Waals surface area contributed by atoms with Gasteiger partial charge in [0.1, 0.15) is 11.9 Å². The third-order valence-corrected chi connectivity index (χ3v) is 2.95. The average molecular weight is 252 g/mol. The van der Waals surface area contributed by atoms with Gasteiger partial charge in [-0.05, 0) is 45.4 Å². The first kappa shape index (κ1) is 14.5. The molecule has 1 rings (SSSR count). The summed E-state index contributed by atoms with van der Waals surface area (Å²) in [6.07, 6.45) is 0.853. The van der Waals surface area contributed by atoms with Crippen molar-refractivity contribution in [2.75, 3.05) is 5.32 Å². The summed E-state index contributed by atoms with van der Waals surface area (Å²) >= 11 is 0. The van der Waals surface area contributed by atoms with Crippen LogP contribution in [-0.4, -0.2) is 17.5 Å². The van der Waals surface area contributed by atoms with Crippen LogP contribution in [0.2, 0.25) is 0 Å². The summed E-state index contributed by atoms with van der Waals surface area (Å²) in [6, 6.07) is 5.68. The Morgan fingerprint density at radius 1 is 1.44 bits per heavy atom. The number of benzene rings is 1. The lowest BCUT2D eigenvalue weighted by atomic mass is 10.0. The summed E-state index contributed by atoms with van der Waals surface area (Å²) in [5.41, 5.74) is 0.376. The van der Waals surface area contributed by atoms with Crippen molar-refractivity contribution in [3.63, 3.8) is 0 Å². The fourth-order valence-electron chi connectivity index (χ4n) is 1.42. The minimum Gasteiger partial charge on any atom is -0.374 e. The first-order valence-corrected chi connectivity index (χ1v) is 6.18. The molecule has 1 aromatic rings. The van der Waals surface area contributed by atoms with Gasteiger partial charge in [-0.1, -0.05) is 13.0 Å². The number of amides is 1. The molecule has 0 aliphatic heterocycles. The van der Waals surface area contributed by atoms with Crippen LogP contribution in [0.5, 0.6) is 0 Å². The Hall–Kier alpha value is -1.58. The highest BCUT2D eigenvalue weighted by Crippen LogP contribution is 2.12. The summed E-state index contributed by atoms with van der Waals surface area (Å²) in [7, 11) is 0. The lowest BCUT2D eigenvalue weighted by Gasteiger charge is -2.27. The Labute approximate surface area is 108 Å². The molecule has 1 amide bonds. The molecular weight excluding hydrogens is 231 g/mol. The Morgan fingerprint density at radius 3 is 2.67 bits per heavy atom. The number of halogens is 1. The summed E-state index contributed by atoms with van der Waals surface area (Å²) in [5.74, 6) is -0.410. The molecule has 0 saturated carbocycles. The molecule has 0 bridgehead atoms. The highest BCUT2D eigenvalue weighted by molar-refractivity contribution is 5.84. The second kappa shape index (κ2) is 5.85. The molecule has 4 heteroatoms. The predicted molar refractivity (Wildman–Crippen MR) is 72.0 cm³/mol. The van der Waals surface area contributed by atoms with E-state index in [1.807, 2.05) is 20.8 Å². The molecule has 2 N–H and O–H groups in total. The van der Waals surface area contributed by atoms with Gasteiger partial charge in [-0.15, -0.1) is 0 Å². The first-order chi connectivity index (χ1) is 8.34. The van der Waals surface area contributed by atoms with Gasteiger partial charge in [0.05, 0.1) is 0 Å². The van der Waals surface area contributed by atoms with Crippen LogP contribution >= 0.6 is 0 Å². The van der Waals surface area contributed by atoms with Crippen molar-refractivity contribution in [3.05, 3.63) is 30.1 Å². The van der Waals surface area contributed by atoms with Crippen molar-refractivity contribution in [2.45, 2.75) is 45.7 Å². The summed E-state index contributed by atoms with van der Waals surface area (Å²) < 4.78 is 13.0. The Balaban J connectivity index is 2.60. The Kier molecular flexibility index (Phi) is 4.70. The van der Waals surface area contributed by atoms with Crippen LogP contribution in [0.1, 0.15) is 34.1 Å². The molecule has 3 nitrogen and oxygen atoms in total. The number of anilines is 1. The topological polar surface area (TPSA) is 41.1 Å². The van der Waals surface area contributed by atoms with Crippen molar-refractivity contribution in [3.8, 4) is 0 Å². The average Bonchev–Trinajstić information content (AvgIpc) is 2.28. The summed E-state index contributed by atoms with van der Waals surface area (Å²) in [6.45, 7) is 7.72. The SMILES string of the molecule is CCC(C)(C)NC(=O)C(C)Nc1cccc(F)c1. The van der Waals surface area contributed by atoms with Crippen molar-refractivity contribution in [1.29, 1.82) is 0 Å². The lowest BCUT2D eigenvalue weighted by molar-refractivity contribution is -0.123. The van der Waals surface area contributed by atoms with Gasteiger partial charge in [0.15, 0.2) is 0 Å². The van der Waals surface area contributed by atoms with E-state index >= 15 is 0 Å². The molecule has 0 heterocycles. The quantitative estimate of drug-likeness (QED) is 0.846. The molecule has 1 unspecified atom stereocenters. The first-order valence-electron chi connectivity index (χ1n) is 6.18. The van der Waals surface area contributed by atoms with Crippen molar-refractivity contribution in [2.24, 2.45) is 0 Å². The molecule has 0 aliphatic carbocycles. The van der Waals surface area contributed by atoms with E-state index in [2.05, 4.69) is 10.6 Å². The highest BCUT2D eigenvalue weighted by atomic mass is 19.1. The minimum absolute atomic E-state index is 0.0916.